The van der Waals surface area contributed by atoms with Crippen molar-refractivity contribution in [1.82, 2.24) is 4.98 Å². The molecule has 0 atom stereocenters. The second kappa shape index (κ2) is 6.22. The third-order valence-corrected chi connectivity index (χ3v) is 3.26. The van der Waals surface area contributed by atoms with E-state index in [9.17, 15) is 4.79 Å². The molecule has 22 heavy (non-hydrogen) atoms. The highest BCUT2D eigenvalue weighted by Gasteiger charge is 2.00. The number of carbonyl (C=O) groups is 1. The Bertz CT molecular complexity index is 847. The first kappa shape index (κ1) is 14.0. The second-order valence-corrected chi connectivity index (χ2v) is 4.92. The molecular formula is C19H15NO2. The summed E-state index contributed by atoms with van der Waals surface area (Å²) in [6, 6.07) is 17.5. The van der Waals surface area contributed by atoms with Gasteiger partial charge in [0.25, 0.3) is 0 Å². The van der Waals surface area contributed by atoms with Crippen molar-refractivity contribution in [3.05, 3.63) is 72.1 Å². The molecule has 0 saturated heterocycles. The molecule has 0 amide bonds. The molecule has 0 unspecified atom stereocenters. The van der Waals surface area contributed by atoms with Crippen molar-refractivity contribution in [1.29, 1.82) is 0 Å². The zero-order valence-corrected chi connectivity index (χ0v) is 12.2. The van der Waals surface area contributed by atoms with Crippen LogP contribution in [-0.4, -0.2) is 11.0 Å². The van der Waals surface area contributed by atoms with Crippen molar-refractivity contribution in [2.45, 2.75) is 6.92 Å². The van der Waals surface area contributed by atoms with Crippen molar-refractivity contribution in [3.8, 4) is 5.75 Å². The van der Waals surface area contributed by atoms with Gasteiger partial charge in [-0.15, -0.1) is 0 Å². The van der Waals surface area contributed by atoms with Gasteiger partial charge in [-0.05, 0) is 35.2 Å². The summed E-state index contributed by atoms with van der Waals surface area (Å²) in [6.07, 6.45) is 5.73. The number of fused-ring (bicyclic) bond motifs is 1. The fourth-order valence-corrected chi connectivity index (χ4v) is 2.30. The first-order chi connectivity index (χ1) is 10.7. The minimum absolute atomic E-state index is 0.322. The van der Waals surface area contributed by atoms with Crippen LogP contribution in [0.2, 0.25) is 0 Å². The Kier molecular flexibility index (Phi) is 3.97. The number of carbonyl (C=O) groups excluding carboxylic acids is 1. The molecule has 3 rings (SSSR count). The van der Waals surface area contributed by atoms with E-state index in [1.165, 1.54) is 6.92 Å². The summed E-state index contributed by atoms with van der Waals surface area (Å²) in [5, 5.41) is 2.27. The van der Waals surface area contributed by atoms with E-state index in [2.05, 4.69) is 17.1 Å². The maximum absolute atomic E-state index is 11.0. The average Bonchev–Trinajstić information content (AvgIpc) is 2.52. The van der Waals surface area contributed by atoms with Gasteiger partial charge in [0.1, 0.15) is 5.75 Å². The highest BCUT2D eigenvalue weighted by molar-refractivity contribution is 5.91. The number of aromatic nitrogens is 1. The quantitative estimate of drug-likeness (QED) is 0.532. The van der Waals surface area contributed by atoms with Crippen LogP contribution in [0.5, 0.6) is 5.75 Å². The Balaban J connectivity index is 1.91. The Morgan fingerprint density at radius 1 is 1.05 bits per heavy atom. The molecule has 3 heteroatoms. The average molecular weight is 289 g/mol. The van der Waals surface area contributed by atoms with Crippen LogP contribution in [0.4, 0.5) is 0 Å². The van der Waals surface area contributed by atoms with E-state index in [1.807, 2.05) is 48.6 Å². The lowest BCUT2D eigenvalue weighted by Crippen LogP contribution is -2.00. The molecule has 3 aromatic rings. The summed E-state index contributed by atoms with van der Waals surface area (Å²) < 4.78 is 5.09. The Morgan fingerprint density at radius 3 is 2.77 bits per heavy atom. The van der Waals surface area contributed by atoms with Gasteiger partial charge in [-0.25, -0.2) is 0 Å². The normalized spacial score (nSPS) is 11.0. The number of hydrogen-bond acceptors (Lipinski definition) is 3. The van der Waals surface area contributed by atoms with Gasteiger partial charge in [0.05, 0.1) is 5.69 Å². The third kappa shape index (κ3) is 3.20. The molecule has 1 heterocycles. The van der Waals surface area contributed by atoms with Gasteiger partial charge < -0.3 is 4.74 Å². The molecule has 2 aromatic carbocycles. The number of esters is 1. The number of rotatable bonds is 3. The third-order valence-electron chi connectivity index (χ3n) is 3.26. The van der Waals surface area contributed by atoms with Gasteiger partial charge in [-0.1, -0.05) is 42.5 Å². The van der Waals surface area contributed by atoms with Crippen LogP contribution in [-0.2, 0) is 4.79 Å². The summed E-state index contributed by atoms with van der Waals surface area (Å²) in [7, 11) is 0. The zero-order chi connectivity index (χ0) is 15.4. The van der Waals surface area contributed by atoms with Crippen molar-refractivity contribution >= 4 is 28.9 Å². The van der Waals surface area contributed by atoms with Crippen molar-refractivity contribution < 1.29 is 9.53 Å². The maximum Gasteiger partial charge on any atom is 0.308 e. The van der Waals surface area contributed by atoms with Gasteiger partial charge in [-0.3, -0.25) is 9.78 Å². The van der Waals surface area contributed by atoms with E-state index >= 15 is 0 Å². The van der Waals surface area contributed by atoms with E-state index in [4.69, 9.17) is 4.74 Å². The number of pyridine rings is 1. The smallest absolute Gasteiger partial charge is 0.308 e. The lowest BCUT2D eigenvalue weighted by molar-refractivity contribution is -0.131. The number of nitrogens with zero attached hydrogens (tertiary/aromatic N) is 1. The topological polar surface area (TPSA) is 39.2 Å². The summed E-state index contributed by atoms with van der Waals surface area (Å²) in [6.45, 7) is 1.39. The molecule has 0 saturated carbocycles. The molecule has 0 aliphatic rings. The van der Waals surface area contributed by atoms with Crippen LogP contribution < -0.4 is 4.74 Å². The summed E-state index contributed by atoms with van der Waals surface area (Å²) in [5.41, 5.74) is 1.87. The van der Waals surface area contributed by atoms with Crippen LogP contribution in [0.1, 0.15) is 18.2 Å². The lowest BCUT2D eigenvalue weighted by Gasteiger charge is -2.03. The fourth-order valence-electron chi connectivity index (χ4n) is 2.30. The van der Waals surface area contributed by atoms with E-state index in [0.717, 1.165) is 22.0 Å². The van der Waals surface area contributed by atoms with Gasteiger partial charge >= 0.3 is 5.97 Å². The molecule has 0 N–H and O–H groups in total. The molecule has 0 aliphatic carbocycles. The molecule has 0 radical (unpaired) electrons. The molecule has 0 bridgehead atoms. The SMILES string of the molecule is CC(=O)Oc1cccc(/C=C/c2nccc3ccccc23)c1. The first-order valence-electron chi connectivity index (χ1n) is 7.03. The predicted octanol–water partition coefficient (Wildman–Crippen LogP) is 4.33. The van der Waals surface area contributed by atoms with Crippen LogP contribution in [0.15, 0.2) is 60.8 Å². The van der Waals surface area contributed by atoms with Crippen LogP contribution in [0.25, 0.3) is 22.9 Å². The van der Waals surface area contributed by atoms with Crippen LogP contribution in [0.3, 0.4) is 0 Å². The van der Waals surface area contributed by atoms with Crippen LogP contribution >= 0.6 is 0 Å². The number of hydrogen-bond donors (Lipinski definition) is 0. The summed E-state index contributed by atoms with van der Waals surface area (Å²) in [4.78, 5) is 15.4. The lowest BCUT2D eigenvalue weighted by atomic mass is 10.1. The van der Waals surface area contributed by atoms with Crippen molar-refractivity contribution in [3.63, 3.8) is 0 Å². The Labute approximate surface area is 128 Å². The van der Waals surface area contributed by atoms with Crippen molar-refractivity contribution in [2.75, 3.05) is 0 Å². The standard InChI is InChI=1S/C19H15NO2/c1-14(21)22-17-7-4-5-15(13-17)9-10-19-18-8-3-2-6-16(18)11-12-20-19/h2-13H,1H3/b10-9+. The summed E-state index contributed by atoms with van der Waals surface area (Å²) >= 11 is 0. The molecule has 0 fully saturated rings. The van der Waals surface area contributed by atoms with Crippen molar-refractivity contribution in [2.24, 2.45) is 0 Å². The molecule has 0 spiro atoms. The predicted molar refractivity (Wildman–Crippen MR) is 88.4 cm³/mol. The first-order valence-corrected chi connectivity index (χ1v) is 7.03. The van der Waals surface area contributed by atoms with Crippen LogP contribution in [0, 0.1) is 0 Å². The molecule has 108 valence electrons. The zero-order valence-electron chi connectivity index (χ0n) is 12.2. The Morgan fingerprint density at radius 2 is 1.91 bits per heavy atom. The molecule has 0 aliphatic heterocycles. The van der Waals surface area contributed by atoms with E-state index in [1.54, 1.807) is 12.3 Å². The molecule has 1 aromatic heterocycles. The Hall–Kier alpha value is -2.94. The van der Waals surface area contributed by atoms with Gasteiger partial charge in [-0.2, -0.15) is 0 Å². The maximum atomic E-state index is 11.0. The summed E-state index contributed by atoms with van der Waals surface area (Å²) in [5.74, 6) is 0.220. The van der Waals surface area contributed by atoms with E-state index in [0.29, 0.717) is 5.75 Å². The van der Waals surface area contributed by atoms with Gasteiger partial charge in [0.2, 0.25) is 0 Å². The van der Waals surface area contributed by atoms with E-state index in [-0.39, 0.29) is 5.97 Å². The monoisotopic (exact) mass is 289 g/mol. The largest absolute Gasteiger partial charge is 0.427 e. The minimum Gasteiger partial charge on any atom is -0.427 e. The fraction of sp³-hybridized carbons (Fsp3) is 0.0526. The number of ether oxygens (including phenoxy) is 1. The van der Waals surface area contributed by atoms with Gasteiger partial charge in [0.15, 0.2) is 0 Å². The molecular weight excluding hydrogens is 274 g/mol. The van der Waals surface area contributed by atoms with Gasteiger partial charge in [0, 0.05) is 18.5 Å². The second-order valence-electron chi connectivity index (χ2n) is 4.92. The molecule has 3 nitrogen and oxygen atoms in total. The highest BCUT2D eigenvalue weighted by atomic mass is 16.5. The highest BCUT2D eigenvalue weighted by Crippen LogP contribution is 2.20. The number of benzene rings is 2. The van der Waals surface area contributed by atoms with E-state index < -0.39 is 0 Å². The minimum atomic E-state index is -0.322.